The summed E-state index contributed by atoms with van der Waals surface area (Å²) in [6.07, 6.45) is 9.36. The highest BCUT2D eigenvalue weighted by molar-refractivity contribution is 7.19. The minimum absolute atomic E-state index is 0.160. The number of nitrogens with one attached hydrogen (secondary N) is 1. The first-order valence-corrected chi connectivity index (χ1v) is 8.54. The maximum absolute atomic E-state index is 13.3. The number of aryl methyl sites for hydroxylation is 2. The Morgan fingerprint density at radius 3 is 3.05 bits per heavy atom. The molecule has 116 valence electrons. The Balaban J connectivity index is 1.82. The van der Waals surface area contributed by atoms with E-state index in [1.165, 1.54) is 36.3 Å². The van der Waals surface area contributed by atoms with Crippen molar-refractivity contribution in [3.63, 3.8) is 0 Å². The zero-order valence-electron chi connectivity index (χ0n) is 12.3. The standard InChI is InChI=1S/C16H17ClFN3S/c1-10(17)12(18)6-4-8-19-15-14-11-5-2-3-7-13(11)22-16(14)21-9-20-15/h4,6,9H,2-3,5,7-8H2,1H3,(H,19,20,21). The fraction of sp³-hybridized carbons (Fsp3) is 0.375. The Morgan fingerprint density at radius 2 is 2.23 bits per heavy atom. The van der Waals surface area contributed by atoms with Crippen LogP contribution in [-0.2, 0) is 12.8 Å². The summed E-state index contributed by atoms with van der Waals surface area (Å²) in [5.74, 6) is 0.422. The van der Waals surface area contributed by atoms with Crippen molar-refractivity contribution in [3.8, 4) is 0 Å². The number of nitrogens with zero attached hydrogens (tertiary/aromatic N) is 2. The van der Waals surface area contributed by atoms with Crippen LogP contribution in [-0.4, -0.2) is 16.5 Å². The van der Waals surface area contributed by atoms with Crippen LogP contribution in [0.15, 0.2) is 29.3 Å². The zero-order chi connectivity index (χ0) is 15.5. The molecule has 0 bridgehead atoms. The molecule has 0 saturated carbocycles. The Labute approximate surface area is 137 Å². The van der Waals surface area contributed by atoms with Gasteiger partial charge < -0.3 is 5.32 Å². The highest BCUT2D eigenvalue weighted by atomic mass is 35.5. The van der Waals surface area contributed by atoms with E-state index in [0.717, 1.165) is 28.9 Å². The van der Waals surface area contributed by atoms with Crippen molar-refractivity contribution in [1.29, 1.82) is 0 Å². The molecular formula is C16H17ClFN3S. The maximum atomic E-state index is 13.3. The predicted octanol–water partition coefficient (Wildman–Crippen LogP) is 4.98. The van der Waals surface area contributed by atoms with Crippen LogP contribution in [0.1, 0.15) is 30.2 Å². The van der Waals surface area contributed by atoms with Crippen molar-refractivity contribution in [3.05, 3.63) is 39.8 Å². The molecule has 1 aliphatic carbocycles. The highest BCUT2D eigenvalue weighted by Gasteiger charge is 2.19. The van der Waals surface area contributed by atoms with Gasteiger partial charge in [0.1, 0.15) is 22.8 Å². The predicted molar refractivity (Wildman–Crippen MR) is 91.3 cm³/mol. The lowest BCUT2D eigenvalue weighted by Gasteiger charge is -2.11. The summed E-state index contributed by atoms with van der Waals surface area (Å²) in [6.45, 7) is 2.02. The molecule has 2 heterocycles. The van der Waals surface area contributed by atoms with Crippen LogP contribution in [0, 0.1) is 0 Å². The topological polar surface area (TPSA) is 37.8 Å². The molecule has 1 N–H and O–H groups in total. The second-order valence-corrected chi connectivity index (χ2v) is 6.93. The molecule has 2 aromatic heterocycles. The van der Waals surface area contributed by atoms with Crippen LogP contribution in [0.5, 0.6) is 0 Å². The van der Waals surface area contributed by atoms with Crippen molar-refractivity contribution in [2.24, 2.45) is 0 Å². The lowest BCUT2D eigenvalue weighted by atomic mass is 9.97. The van der Waals surface area contributed by atoms with E-state index in [0.29, 0.717) is 6.54 Å². The third kappa shape index (κ3) is 3.15. The summed E-state index contributed by atoms with van der Waals surface area (Å²) in [4.78, 5) is 11.2. The molecule has 0 spiro atoms. The fourth-order valence-electron chi connectivity index (χ4n) is 2.66. The third-order valence-electron chi connectivity index (χ3n) is 3.73. The van der Waals surface area contributed by atoms with E-state index in [4.69, 9.17) is 11.6 Å². The van der Waals surface area contributed by atoms with Crippen molar-refractivity contribution >= 4 is 39.0 Å². The smallest absolute Gasteiger partial charge is 0.138 e. The first-order chi connectivity index (χ1) is 10.7. The number of fused-ring (bicyclic) bond motifs is 3. The summed E-state index contributed by atoms with van der Waals surface area (Å²) >= 11 is 7.35. The number of halogens is 2. The molecule has 0 radical (unpaired) electrons. The van der Waals surface area contributed by atoms with Gasteiger partial charge in [-0.3, -0.25) is 0 Å². The second kappa shape index (κ2) is 6.75. The molecule has 1 aliphatic rings. The summed E-state index contributed by atoms with van der Waals surface area (Å²) < 4.78 is 13.3. The van der Waals surface area contributed by atoms with E-state index in [1.54, 1.807) is 23.7 Å². The second-order valence-electron chi connectivity index (χ2n) is 5.28. The first kappa shape index (κ1) is 15.4. The van der Waals surface area contributed by atoms with E-state index < -0.39 is 5.83 Å². The number of hydrogen-bond donors (Lipinski definition) is 1. The molecule has 0 unspecified atom stereocenters. The molecule has 2 aromatic rings. The Kier molecular flexibility index (Phi) is 4.74. The van der Waals surface area contributed by atoms with Gasteiger partial charge in [-0.05, 0) is 44.2 Å². The van der Waals surface area contributed by atoms with Gasteiger partial charge in [0.15, 0.2) is 0 Å². The molecule has 6 heteroatoms. The highest BCUT2D eigenvalue weighted by Crippen LogP contribution is 2.37. The van der Waals surface area contributed by atoms with Gasteiger partial charge in [0.05, 0.1) is 10.4 Å². The van der Waals surface area contributed by atoms with Crippen molar-refractivity contribution in [1.82, 2.24) is 9.97 Å². The summed E-state index contributed by atoms with van der Waals surface area (Å²) in [6, 6.07) is 0. The van der Waals surface area contributed by atoms with Gasteiger partial charge in [0.25, 0.3) is 0 Å². The molecule has 0 saturated heterocycles. The lowest BCUT2D eigenvalue weighted by Crippen LogP contribution is -2.04. The number of allylic oxidation sites excluding steroid dienone is 3. The maximum Gasteiger partial charge on any atom is 0.138 e. The fourth-order valence-corrected chi connectivity index (χ4v) is 3.95. The lowest BCUT2D eigenvalue weighted by molar-refractivity contribution is 0.661. The number of rotatable bonds is 4. The third-order valence-corrected chi connectivity index (χ3v) is 5.11. The minimum atomic E-state index is -0.413. The van der Waals surface area contributed by atoms with Gasteiger partial charge in [-0.1, -0.05) is 17.7 Å². The van der Waals surface area contributed by atoms with E-state index >= 15 is 0 Å². The summed E-state index contributed by atoms with van der Waals surface area (Å²) in [5.41, 5.74) is 1.39. The van der Waals surface area contributed by atoms with Crippen LogP contribution >= 0.6 is 22.9 Å². The van der Waals surface area contributed by atoms with Crippen molar-refractivity contribution in [2.45, 2.75) is 32.6 Å². The van der Waals surface area contributed by atoms with E-state index in [2.05, 4.69) is 15.3 Å². The number of hydrogen-bond acceptors (Lipinski definition) is 4. The van der Waals surface area contributed by atoms with Crippen LogP contribution in [0.3, 0.4) is 0 Å². The van der Waals surface area contributed by atoms with Gasteiger partial charge in [0.2, 0.25) is 0 Å². The van der Waals surface area contributed by atoms with Crippen LogP contribution in [0.4, 0.5) is 10.2 Å². The minimum Gasteiger partial charge on any atom is -0.366 e. The Hall–Kier alpha value is -1.46. The molecular weight excluding hydrogens is 321 g/mol. The van der Waals surface area contributed by atoms with Crippen LogP contribution in [0.25, 0.3) is 10.2 Å². The van der Waals surface area contributed by atoms with E-state index in [1.807, 2.05) is 0 Å². The summed E-state index contributed by atoms with van der Waals surface area (Å²) in [7, 11) is 0. The largest absolute Gasteiger partial charge is 0.366 e. The summed E-state index contributed by atoms with van der Waals surface area (Å²) in [5, 5.41) is 4.55. The van der Waals surface area contributed by atoms with Crippen molar-refractivity contribution in [2.75, 3.05) is 11.9 Å². The van der Waals surface area contributed by atoms with E-state index in [-0.39, 0.29) is 5.03 Å². The number of thiophene rings is 1. The molecule has 0 aromatic carbocycles. The van der Waals surface area contributed by atoms with Crippen LogP contribution < -0.4 is 5.32 Å². The molecule has 0 fully saturated rings. The Bertz CT molecular complexity index is 747. The zero-order valence-corrected chi connectivity index (χ0v) is 13.9. The van der Waals surface area contributed by atoms with Crippen LogP contribution in [0.2, 0.25) is 0 Å². The van der Waals surface area contributed by atoms with Gasteiger partial charge >= 0.3 is 0 Å². The molecule has 0 amide bonds. The molecule has 0 atom stereocenters. The molecule has 3 nitrogen and oxygen atoms in total. The Morgan fingerprint density at radius 1 is 1.41 bits per heavy atom. The quantitative estimate of drug-likeness (QED) is 0.800. The molecule has 22 heavy (non-hydrogen) atoms. The average Bonchev–Trinajstić information content (AvgIpc) is 2.90. The monoisotopic (exact) mass is 337 g/mol. The van der Waals surface area contributed by atoms with E-state index in [9.17, 15) is 4.39 Å². The normalized spacial score (nSPS) is 16.0. The van der Waals surface area contributed by atoms with Gasteiger partial charge in [-0.2, -0.15) is 0 Å². The number of anilines is 1. The molecule has 0 aliphatic heterocycles. The van der Waals surface area contributed by atoms with Gasteiger partial charge in [-0.15, -0.1) is 11.3 Å². The van der Waals surface area contributed by atoms with Gasteiger partial charge in [0, 0.05) is 11.4 Å². The van der Waals surface area contributed by atoms with Crippen molar-refractivity contribution < 1.29 is 4.39 Å². The molecule has 3 rings (SSSR count). The first-order valence-electron chi connectivity index (χ1n) is 7.34. The average molecular weight is 338 g/mol. The number of aromatic nitrogens is 2. The SMILES string of the molecule is CC(Cl)=C(F)C=CCNc1ncnc2sc3c(c12)CCCC3. The van der Waals surface area contributed by atoms with Gasteiger partial charge in [-0.25, -0.2) is 14.4 Å².